The van der Waals surface area contributed by atoms with Crippen LogP contribution in [0.5, 0.6) is 0 Å². The van der Waals surface area contributed by atoms with Crippen molar-refractivity contribution in [3.05, 3.63) is 81.8 Å². The number of aryl methyl sites for hydroxylation is 1. The molecular weight excluding hydrogens is 370 g/mol. The number of anilines is 1. The predicted molar refractivity (Wildman–Crippen MR) is 110 cm³/mol. The molecule has 29 heavy (non-hydrogen) atoms. The fraction of sp³-hybridized carbons (Fsp3) is 0.227. The number of esters is 1. The van der Waals surface area contributed by atoms with Crippen molar-refractivity contribution in [1.82, 2.24) is 9.36 Å². The minimum absolute atomic E-state index is 0.153. The third kappa shape index (κ3) is 3.99. The first-order valence-electron chi connectivity index (χ1n) is 9.22. The van der Waals surface area contributed by atoms with Gasteiger partial charge in [-0.25, -0.2) is 9.48 Å². The van der Waals surface area contributed by atoms with Crippen LogP contribution in [0.4, 0.5) is 5.69 Å². The second kappa shape index (κ2) is 8.18. The average Bonchev–Trinajstić information content (AvgIpc) is 2.92. The lowest BCUT2D eigenvalue weighted by atomic mass is 10.1. The molecule has 1 N–H and O–H groups in total. The van der Waals surface area contributed by atoms with E-state index in [1.54, 1.807) is 55.9 Å². The summed E-state index contributed by atoms with van der Waals surface area (Å²) in [6, 6.07) is 16.1. The molecule has 0 aliphatic rings. The zero-order valence-electron chi connectivity index (χ0n) is 16.8. The molecule has 2 aromatic carbocycles. The van der Waals surface area contributed by atoms with Crippen molar-refractivity contribution in [2.45, 2.75) is 26.9 Å². The lowest BCUT2D eigenvalue weighted by Gasteiger charge is -2.14. The van der Waals surface area contributed by atoms with Crippen molar-refractivity contribution in [1.29, 1.82) is 0 Å². The first kappa shape index (κ1) is 20.1. The summed E-state index contributed by atoms with van der Waals surface area (Å²) in [5.41, 5.74) is 2.22. The summed E-state index contributed by atoms with van der Waals surface area (Å²) in [6.07, 6.45) is -1.06. The number of carbonyl (C=O) groups is 2. The van der Waals surface area contributed by atoms with Gasteiger partial charge in [0.2, 0.25) is 0 Å². The highest BCUT2D eigenvalue weighted by Crippen LogP contribution is 2.15. The van der Waals surface area contributed by atoms with Crippen molar-refractivity contribution in [3.8, 4) is 5.69 Å². The van der Waals surface area contributed by atoms with Gasteiger partial charge < -0.3 is 10.1 Å². The highest BCUT2D eigenvalue weighted by Gasteiger charge is 2.24. The number of ether oxygens (including phenoxy) is 1. The average molecular weight is 393 g/mol. The third-order valence-corrected chi connectivity index (χ3v) is 4.82. The Bertz CT molecular complexity index is 1110. The SMILES string of the molecule is Cc1ccccc1C(=O)O[C@@H](C)C(=O)Nc1c(C)n(C)n(-c2ccccc2)c1=O. The normalized spacial score (nSPS) is 11.7. The maximum absolute atomic E-state index is 12.9. The van der Waals surface area contributed by atoms with Gasteiger partial charge in [0, 0.05) is 7.05 Å². The number of amides is 1. The van der Waals surface area contributed by atoms with E-state index in [0.717, 1.165) is 5.56 Å². The molecule has 7 heteroatoms. The van der Waals surface area contributed by atoms with Crippen molar-refractivity contribution in [2.75, 3.05) is 5.32 Å². The van der Waals surface area contributed by atoms with E-state index in [1.807, 2.05) is 24.3 Å². The Kier molecular flexibility index (Phi) is 5.68. The summed E-state index contributed by atoms with van der Waals surface area (Å²) in [6.45, 7) is 5.00. The monoisotopic (exact) mass is 393 g/mol. The molecule has 1 aromatic heterocycles. The summed E-state index contributed by atoms with van der Waals surface area (Å²) in [5, 5.41) is 2.61. The Balaban J connectivity index is 1.80. The molecule has 150 valence electrons. The standard InChI is InChI=1S/C22H23N3O4/c1-14-10-8-9-13-18(14)22(28)29-16(3)20(26)23-19-15(2)24(4)25(21(19)27)17-11-6-5-7-12-17/h5-13,16H,1-4H3,(H,23,26)/t16-/m0/s1. The molecule has 1 amide bonds. The molecule has 0 saturated heterocycles. The maximum atomic E-state index is 12.9. The van der Waals surface area contributed by atoms with Crippen molar-refractivity contribution >= 4 is 17.6 Å². The fourth-order valence-electron chi connectivity index (χ4n) is 3.02. The molecule has 0 unspecified atom stereocenters. The van der Waals surface area contributed by atoms with Crippen molar-refractivity contribution in [2.24, 2.45) is 7.05 Å². The number of nitrogens with zero attached hydrogens (tertiary/aromatic N) is 2. The molecule has 0 spiro atoms. The number of aromatic nitrogens is 2. The molecule has 3 rings (SSSR count). The molecule has 1 heterocycles. The maximum Gasteiger partial charge on any atom is 0.339 e. The summed E-state index contributed by atoms with van der Waals surface area (Å²) in [4.78, 5) is 37.8. The lowest BCUT2D eigenvalue weighted by Crippen LogP contribution is -2.32. The minimum Gasteiger partial charge on any atom is -0.449 e. The Morgan fingerprint density at radius 1 is 1.00 bits per heavy atom. The molecule has 0 aliphatic carbocycles. The van der Waals surface area contributed by atoms with E-state index < -0.39 is 18.0 Å². The second-order valence-electron chi connectivity index (χ2n) is 6.79. The molecule has 0 saturated carbocycles. The number of carbonyl (C=O) groups excluding carboxylic acids is 2. The Hall–Kier alpha value is -3.61. The topological polar surface area (TPSA) is 82.3 Å². The summed E-state index contributed by atoms with van der Waals surface area (Å²) < 4.78 is 8.42. The molecule has 1 atom stereocenters. The van der Waals surface area contributed by atoms with Gasteiger partial charge >= 0.3 is 5.97 Å². The quantitative estimate of drug-likeness (QED) is 0.676. The van der Waals surface area contributed by atoms with Crippen LogP contribution in [0.15, 0.2) is 59.4 Å². The molecule has 3 aromatic rings. The Labute approximate surface area is 168 Å². The second-order valence-corrected chi connectivity index (χ2v) is 6.79. The van der Waals surface area contributed by atoms with E-state index >= 15 is 0 Å². The molecule has 7 nitrogen and oxygen atoms in total. The predicted octanol–water partition coefficient (Wildman–Crippen LogP) is 2.98. The zero-order valence-corrected chi connectivity index (χ0v) is 16.8. The van der Waals surface area contributed by atoms with E-state index in [4.69, 9.17) is 4.74 Å². The van der Waals surface area contributed by atoms with Crippen molar-refractivity contribution < 1.29 is 14.3 Å². The van der Waals surface area contributed by atoms with Crippen LogP contribution in [-0.2, 0) is 16.6 Å². The number of para-hydroxylation sites is 1. The largest absolute Gasteiger partial charge is 0.449 e. The van der Waals surface area contributed by atoms with Crippen LogP contribution in [0.25, 0.3) is 5.69 Å². The number of rotatable bonds is 5. The number of hydrogen-bond donors (Lipinski definition) is 1. The van der Waals surface area contributed by atoms with Gasteiger partial charge in [-0.05, 0) is 44.5 Å². The van der Waals surface area contributed by atoms with Gasteiger partial charge in [-0.2, -0.15) is 0 Å². The first-order chi connectivity index (χ1) is 13.8. The first-order valence-corrected chi connectivity index (χ1v) is 9.22. The van der Waals surface area contributed by atoms with Gasteiger partial charge in [0.15, 0.2) is 6.10 Å². The van der Waals surface area contributed by atoms with E-state index in [0.29, 0.717) is 16.9 Å². The molecule has 0 fully saturated rings. The summed E-state index contributed by atoms with van der Waals surface area (Å²) in [5.74, 6) is -1.16. The van der Waals surface area contributed by atoms with Crippen LogP contribution in [0.2, 0.25) is 0 Å². The van der Waals surface area contributed by atoms with Crippen LogP contribution in [0.3, 0.4) is 0 Å². The van der Waals surface area contributed by atoms with E-state index in [-0.39, 0.29) is 11.2 Å². The van der Waals surface area contributed by atoms with Crippen LogP contribution in [0, 0.1) is 13.8 Å². The molecule has 0 aliphatic heterocycles. The summed E-state index contributed by atoms with van der Waals surface area (Å²) >= 11 is 0. The highest BCUT2D eigenvalue weighted by atomic mass is 16.5. The molecular formula is C22H23N3O4. The molecule has 0 bridgehead atoms. The van der Waals surface area contributed by atoms with Crippen molar-refractivity contribution in [3.63, 3.8) is 0 Å². The number of hydrogen-bond acceptors (Lipinski definition) is 4. The van der Waals surface area contributed by atoms with Gasteiger partial charge in [0.25, 0.3) is 11.5 Å². The van der Waals surface area contributed by atoms with Crippen LogP contribution in [-0.4, -0.2) is 27.3 Å². The Morgan fingerprint density at radius 2 is 1.62 bits per heavy atom. The van der Waals surface area contributed by atoms with Gasteiger partial charge in [-0.1, -0.05) is 36.4 Å². The van der Waals surface area contributed by atoms with Crippen LogP contribution >= 0.6 is 0 Å². The van der Waals surface area contributed by atoms with Crippen LogP contribution in [0.1, 0.15) is 28.5 Å². The summed E-state index contributed by atoms with van der Waals surface area (Å²) in [7, 11) is 1.74. The van der Waals surface area contributed by atoms with Crippen LogP contribution < -0.4 is 10.9 Å². The zero-order chi connectivity index (χ0) is 21.1. The molecule has 0 radical (unpaired) electrons. The third-order valence-electron chi connectivity index (χ3n) is 4.82. The van der Waals surface area contributed by atoms with E-state index in [1.165, 1.54) is 11.6 Å². The smallest absolute Gasteiger partial charge is 0.339 e. The number of benzene rings is 2. The lowest BCUT2D eigenvalue weighted by molar-refractivity contribution is -0.123. The van der Waals surface area contributed by atoms with Gasteiger partial charge in [-0.15, -0.1) is 0 Å². The fourth-order valence-corrected chi connectivity index (χ4v) is 3.02. The minimum atomic E-state index is -1.06. The van der Waals surface area contributed by atoms with Gasteiger partial charge in [0.05, 0.1) is 16.9 Å². The van der Waals surface area contributed by atoms with E-state index in [9.17, 15) is 14.4 Å². The number of nitrogens with one attached hydrogen (secondary N) is 1. The van der Waals surface area contributed by atoms with Gasteiger partial charge in [0.1, 0.15) is 5.69 Å². The Morgan fingerprint density at radius 3 is 2.28 bits per heavy atom. The highest BCUT2D eigenvalue weighted by molar-refractivity contribution is 5.98. The van der Waals surface area contributed by atoms with E-state index in [2.05, 4.69) is 5.32 Å². The van der Waals surface area contributed by atoms with Gasteiger partial charge in [-0.3, -0.25) is 14.3 Å².